The number of alkyl halides is 4. The van der Waals surface area contributed by atoms with Crippen LogP contribution in [0.15, 0.2) is 65.6 Å². The molecule has 0 aliphatic heterocycles. The van der Waals surface area contributed by atoms with Crippen molar-refractivity contribution in [3.8, 4) is 0 Å². The summed E-state index contributed by atoms with van der Waals surface area (Å²) in [5.74, 6) is 0. The second-order valence-electron chi connectivity index (χ2n) is 4.71. The number of hydrogen-bond donors (Lipinski definition) is 0. The smallest absolute Gasteiger partial charge is 0.221 e. The van der Waals surface area contributed by atoms with Crippen LogP contribution in [0.3, 0.4) is 0 Å². The molecule has 0 heterocycles. The van der Waals surface area contributed by atoms with Gasteiger partial charge in [-0.05, 0) is 17.7 Å². The van der Waals surface area contributed by atoms with E-state index in [4.69, 9.17) is 11.6 Å². The first-order valence-electron chi connectivity index (χ1n) is 6.28. The number of hydrogen-bond acceptors (Lipinski definition) is 2. The highest BCUT2D eigenvalue weighted by molar-refractivity contribution is 7.94. The van der Waals surface area contributed by atoms with Crippen LogP contribution in [0.25, 0.3) is 0 Å². The molecule has 118 valence electrons. The van der Waals surface area contributed by atoms with Crippen molar-refractivity contribution in [1.82, 2.24) is 0 Å². The van der Waals surface area contributed by atoms with Gasteiger partial charge in [-0.15, -0.1) is 0 Å². The van der Waals surface area contributed by atoms with Crippen LogP contribution in [0, 0.1) is 0 Å². The summed E-state index contributed by atoms with van der Waals surface area (Å²) < 4.78 is 61.9. The highest BCUT2D eigenvalue weighted by Crippen LogP contribution is 2.46. The van der Waals surface area contributed by atoms with E-state index in [9.17, 15) is 21.6 Å². The Hall–Kier alpha value is -1.53. The molecule has 0 spiro atoms. The van der Waals surface area contributed by atoms with Crippen molar-refractivity contribution in [3.05, 3.63) is 66.2 Å². The molecule has 0 saturated heterocycles. The van der Waals surface area contributed by atoms with Crippen LogP contribution in [-0.2, 0) is 16.3 Å². The number of sulfone groups is 1. The average molecular weight is 349 g/mol. The van der Waals surface area contributed by atoms with E-state index in [2.05, 4.69) is 0 Å². The predicted molar refractivity (Wildman–Crippen MR) is 78.4 cm³/mol. The molecule has 0 fully saturated rings. The van der Waals surface area contributed by atoms with E-state index in [0.29, 0.717) is 0 Å². The molecular formula is C15H12ClF3O2S. The normalized spacial score (nSPS) is 15.3. The standard InChI is InChI=1S/C15H12ClF3O2S/c16-14(15(17,18)19,11-12-7-3-1-4-8-12)22(20,21)13-9-5-2-6-10-13/h1-10H,11H2. The van der Waals surface area contributed by atoms with Gasteiger partial charge >= 0.3 is 6.18 Å². The minimum absolute atomic E-state index is 0.189. The Bertz CT molecular complexity index is 730. The van der Waals surface area contributed by atoms with E-state index in [-0.39, 0.29) is 5.56 Å². The average Bonchev–Trinajstić information content (AvgIpc) is 2.48. The Morgan fingerprint density at radius 1 is 0.864 bits per heavy atom. The molecule has 1 atom stereocenters. The van der Waals surface area contributed by atoms with Crippen LogP contribution in [0.5, 0.6) is 0 Å². The van der Waals surface area contributed by atoms with Gasteiger partial charge in [0, 0.05) is 6.42 Å². The molecule has 0 aromatic heterocycles. The fraction of sp³-hybridized carbons (Fsp3) is 0.200. The van der Waals surface area contributed by atoms with Crippen LogP contribution in [0.4, 0.5) is 13.2 Å². The highest BCUT2D eigenvalue weighted by atomic mass is 35.5. The first-order valence-corrected chi connectivity index (χ1v) is 8.14. The van der Waals surface area contributed by atoms with Crippen molar-refractivity contribution < 1.29 is 21.6 Å². The first kappa shape index (κ1) is 16.8. The van der Waals surface area contributed by atoms with Gasteiger partial charge in [0.05, 0.1) is 4.90 Å². The molecule has 7 heteroatoms. The molecule has 2 aromatic rings. The Morgan fingerprint density at radius 2 is 1.32 bits per heavy atom. The van der Waals surface area contributed by atoms with Gasteiger partial charge in [0.2, 0.25) is 14.0 Å². The van der Waals surface area contributed by atoms with Crippen molar-refractivity contribution in [2.24, 2.45) is 0 Å². The minimum Gasteiger partial charge on any atom is -0.221 e. The van der Waals surface area contributed by atoms with Crippen molar-refractivity contribution in [2.45, 2.75) is 21.7 Å². The molecular weight excluding hydrogens is 337 g/mol. The highest BCUT2D eigenvalue weighted by Gasteiger charge is 2.63. The lowest BCUT2D eigenvalue weighted by molar-refractivity contribution is -0.141. The van der Waals surface area contributed by atoms with Crippen LogP contribution in [0.2, 0.25) is 0 Å². The minimum atomic E-state index is -5.13. The molecule has 22 heavy (non-hydrogen) atoms. The fourth-order valence-electron chi connectivity index (χ4n) is 1.99. The topological polar surface area (TPSA) is 34.1 Å². The SMILES string of the molecule is O=S(=O)(c1ccccc1)C(Cl)(Cc1ccccc1)C(F)(F)F. The number of halogens is 4. The zero-order valence-corrected chi connectivity index (χ0v) is 12.8. The van der Waals surface area contributed by atoms with Gasteiger partial charge < -0.3 is 0 Å². The van der Waals surface area contributed by atoms with Crippen molar-refractivity contribution in [3.63, 3.8) is 0 Å². The lowest BCUT2D eigenvalue weighted by Gasteiger charge is -2.29. The molecule has 2 nitrogen and oxygen atoms in total. The summed E-state index contributed by atoms with van der Waals surface area (Å²) in [4.78, 5) is -0.460. The zero-order valence-electron chi connectivity index (χ0n) is 11.2. The fourth-order valence-corrected chi connectivity index (χ4v) is 3.96. The summed E-state index contributed by atoms with van der Waals surface area (Å²) in [6.07, 6.45) is -5.99. The summed E-state index contributed by atoms with van der Waals surface area (Å²) in [7, 11) is -4.82. The van der Waals surface area contributed by atoms with E-state index in [1.807, 2.05) is 0 Å². The van der Waals surface area contributed by atoms with Gasteiger partial charge in [0.25, 0.3) is 0 Å². The van der Waals surface area contributed by atoms with E-state index in [1.165, 1.54) is 42.5 Å². The maximum Gasteiger partial charge on any atom is 0.422 e. The van der Waals surface area contributed by atoms with Crippen molar-refractivity contribution in [1.29, 1.82) is 0 Å². The molecule has 2 rings (SSSR count). The molecule has 0 aliphatic rings. The van der Waals surface area contributed by atoms with Gasteiger partial charge in [-0.25, -0.2) is 8.42 Å². The summed E-state index contributed by atoms with van der Waals surface area (Å²) in [5, 5.41) is 0. The molecule has 0 aliphatic carbocycles. The van der Waals surface area contributed by atoms with Crippen LogP contribution in [-0.4, -0.2) is 18.8 Å². The third-order valence-corrected chi connectivity index (χ3v) is 6.25. The number of rotatable bonds is 4. The van der Waals surface area contributed by atoms with Gasteiger partial charge in [-0.3, -0.25) is 0 Å². The summed E-state index contributed by atoms with van der Waals surface area (Å²) in [6, 6.07) is 13.9. The molecule has 2 aromatic carbocycles. The van der Waals surface area contributed by atoms with Gasteiger partial charge in [0.15, 0.2) is 0 Å². The molecule has 0 saturated carbocycles. The third kappa shape index (κ3) is 2.98. The Morgan fingerprint density at radius 3 is 1.77 bits per heavy atom. The first-order chi connectivity index (χ1) is 10.2. The molecule has 0 bridgehead atoms. The number of benzene rings is 2. The largest absolute Gasteiger partial charge is 0.422 e. The van der Waals surface area contributed by atoms with Crippen LogP contribution >= 0.6 is 11.6 Å². The lowest BCUT2D eigenvalue weighted by atomic mass is 10.1. The summed E-state index contributed by atoms with van der Waals surface area (Å²) in [5.41, 5.74) is 0.189. The Labute approximate surface area is 131 Å². The Balaban J connectivity index is 2.56. The lowest BCUT2D eigenvalue weighted by Crippen LogP contribution is -2.48. The molecule has 0 amide bonds. The van der Waals surface area contributed by atoms with E-state index < -0.39 is 31.5 Å². The van der Waals surface area contributed by atoms with E-state index in [1.54, 1.807) is 6.07 Å². The maximum absolute atomic E-state index is 13.5. The van der Waals surface area contributed by atoms with Gasteiger partial charge in [0.1, 0.15) is 0 Å². The van der Waals surface area contributed by atoms with Crippen molar-refractivity contribution in [2.75, 3.05) is 0 Å². The van der Waals surface area contributed by atoms with Gasteiger partial charge in [-0.2, -0.15) is 13.2 Å². The quantitative estimate of drug-likeness (QED) is 0.776. The Kier molecular flexibility index (Phi) is 4.54. The molecule has 1 unspecified atom stereocenters. The van der Waals surface area contributed by atoms with Crippen molar-refractivity contribution >= 4 is 21.4 Å². The molecule has 0 N–H and O–H groups in total. The van der Waals surface area contributed by atoms with Gasteiger partial charge in [-0.1, -0.05) is 60.1 Å². The predicted octanol–water partition coefficient (Wildman–Crippen LogP) is 4.20. The monoisotopic (exact) mass is 348 g/mol. The third-order valence-electron chi connectivity index (χ3n) is 3.18. The van der Waals surface area contributed by atoms with Crippen LogP contribution in [0.1, 0.15) is 5.56 Å². The second-order valence-corrected chi connectivity index (χ2v) is 7.75. The summed E-state index contributed by atoms with van der Waals surface area (Å²) >= 11 is 5.66. The van der Waals surface area contributed by atoms with Crippen LogP contribution < -0.4 is 0 Å². The van der Waals surface area contributed by atoms with E-state index in [0.717, 1.165) is 12.1 Å². The second kappa shape index (κ2) is 5.93. The zero-order chi connectivity index (χ0) is 16.4. The molecule has 0 radical (unpaired) electrons. The van der Waals surface area contributed by atoms with E-state index >= 15 is 0 Å². The summed E-state index contributed by atoms with van der Waals surface area (Å²) in [6.45, 7) is 0. The maximum atomic E-state index is 13.5.